The van der Waals surface area contributed by atoms with Gasteiger partial charge in [-0.25, -0.2) is 4.79 Å². The van der Waals surface area contributed by atoms with Crippen molar-refractivity contribution in [2.24, 2.45) is 5.73 Å². The van der Waals surface area contributed by atoms with Crippen molar-refractivity contribution in [3.8, 4) is 0 Å². The van der Waals surface area contributed by atoms with E-state index in [4.69, 9.17) is 10.8 Å². The second-order valence-electron chi connectivity index (χ2n) is 4.21. The number of aryl methyl sites for hydroxylation is 1. The van der Waals surface area contributed by atoms with Crippen LogP contribution in [-0.4, -0.2) is 27.4 Å². The molecule has 1 aromatic heterocycles. The molecule has 0 amide bonds. The van der Waals surface area contributed by atoms with E-state index in [9.17, 15) is 9.59 Å². The molecule has 0 saturated carbocycles. The van der Waals surface area contributed by atoms with Crippen LogP contribution in [0, 0.1) is 0 Å². The summed E-state index contributed by atoms with van der Waals surface area (Å²) in [7, 11) is 0. The number of nitrogens with zero attached hydrogens (tertiary/aromatic N) is 2. The summed E-state index contributed by atoms with van der Waals surface area (Å²) >= 11 is 0. The topological polar surface area (TPSA) is 90.2 Å². The van der Waals surface area contributed by atoms with Crippen molar-refractivity contribution < 1.29 is 5.11 Å². The number of aromatic nitrogens is 2. The maximum Gasteiger partial charge on any atom is 0.331 e. The smallest absolute Gasteiger partial charge is 0.331 e. The van der Waals surface area contributed by atoms with E-state index >= 15 is 0 Å². The molecule has 0 aliphatic heterocycles. The fraction of sp³-hybridized carbons (Fsp3) is 0.667. The molecule has 0 aliphatic carbocycles. The van der Waals surface area contributed by atoms with Gasteiger partial charge in [0.05, 0.1) is 0 Å². The highest BCUT2D eigenvalue weighted by molar-refractivity contribution is 4.86. The van der Waals surface area contributed by atoms with Crippen LogP contribution >= 0.6 is 0 Å². The van der Waals surface area contributed by atoms with Crippen molar-refractivity contribution in [2.45, 2.75) is 38.8 Å². The number of unbranched alkanes of at least 4 members (excludes halogenated alkanes) is 3. The lowest BCUT2D eigenvalue weighted by atomic mass is 10.2. The minimum Gasteiger partial charge on any atom is -0.396 e. The number of nitrogens with two attached hydrogens (primary N) is 1. The number of aliphatic hydroxyl groups excluding tert-OH is 1. The van der Waals surface area contributed by atoms with Gasteiger partial charge >= 0.3 is 5.69 Å². The molecule has 18 heavy (non-hydrogen) atoms. The zero-order chi connectivity index (χ0) is 13.4. The van der Waals surface area contributed by atoms with Gasteiger partial charge in [0.25, 0.3) is 5.56 Å². The van der Waals surface area contributed by atoms with Crippen LogP contribution in [0.2, 0.25) is 0 Å². The first-order valence-electron chi connectivity index (χ1n) is 6.32. The lowest BCUT2D eigenvalue weighted by Gasteiger charge is -2.08. The van der Waals surface area contributed by atoms with E-state index in [0.717, 1.165) is 30.3 Å². The minimum absolute atomic E-state index is 0.210. The van der Waals surface area contributed by atoms with Crippen LogP contribution in [0.25, 0.3) is 0 Å². The van der Waals surface area contributed by atoms with Crippen molar-refractivity contribution in [2.75, 3.05) is 13.2 Å². The van der Waals surface area contributed by atoms with Crippen LogP contribution in [0.15, 0.2) is 21.9 Å². The van der Waals surface area contributed by atoms with Gasteiger partial charge in [-0.15, -0.1) is 0 Å². The van der Waals surface area contributed by atoms with Gasteiger partial charge in [0, 0.05) is 38.5 Å². The zero-order valence-electron chi connectivity index (χ0n) is 10.5. The summed E-state index contributed by atoms with van der Waals surface area (Å²) < 4.78 is 2.70. The molecule has 0 bridgehead atoms. The van der Waals surface area contributed by atoms with E-state index in [0.29, 0.717) is 6.54 Å². The van der Waals surface area contributed by atoms with Gasteiger partial charge in [-0.3, -0.25) is 9.36 Å². The highest BCUT2D eigenvalue weighted by Gasteiger charge is 2.03. The van der Waals surface area contributed by atoms with Gasteiger partial charge < -0.3 is 15.4 Å². The van der Waals surface area contributed by atoms with Crippen molar-refractivity contribution >= 4 is 0 Å². The first kappa shape index (κ1) is 14.7. The Hall–Kier alpha value is -1.40. The Bertz CT molecular complexity index is 464. The molecule has 1 heterocycles. The van der Waals surface area contributed by atoms with Crippen molar-refractivity contribution in [1.82, 2.24) is 9.13 Å². The lowest BCUT2D eigenvalue weighted by molar-refractivity contribution is 0.282. The summed E-state index contributed by atoms with van der Waals surface area (Å²) in [6.45, 7) is 1.33. The monoisotopic (exact) mass is 255 g/mol. The molecule has 0 saturated heterocycles. The molecule has 6 nitrogen and oxygen atoms in total. The third kappa shape index (κ3) is 4.12. The largest absolute Gasteiger partial charge is 0.396 e. The third-order valence-corrected chi connectivity index (χ3v) is 2.80. The maximum atomic E-state index is 11.9. The van der Waals surface area contributed by atoms with Gasteiger partial charge in [-0.2, -0.15) is 0 Å². The molecular weight excluding hydrogens is 234 g/mol. The molecule has 3 N–H and O–H groups in total. The molecule has 0 unspecified atom stereocenters. The summed E-state index contributed by atoms with van der Waals surface area (Å²) in [6, 6.07) is 1.39. The highest BCUT2D eigenvalue weighted by atomic mass is 16.3. The Morgan fingerprint density at radius 1 is 1.11 bits per heavy atom. The van der Waals surface area contributed by atoms with Crippen molar-refractivity contribution in [3.63, 3.8) is 0 Å². The summed E-state index contributed by atoms with van der Waals surface area (Å²) in [5, 5.41) is 8.65. The summed E-state index contributed by atoms with van der Waals surface area (Å²) in [5.74, 6) is 0. The standard InChI is InChI=1S/C12H21N3O3/c13-6-9-15-11(17)5-8-14(12(15)18)7-3-1-2-4-10-16/h5,8,16H,1-4,6-7,9-10,13H2. The van der Waals surface area contributed by atoms with Gasteiger partial charge in [0.2, 0.25) is 0 Å². The van der Waals surface area contributed by atoms with E-state index in [1.54, 1.807) is 0 Å². The number of rotatable bonds is 8. The van der Waals surface area contributed by atoms with Crippen LogP contribution in [0.4, 0.5) is 0 Å². The Morgan fingerprint density at radius 3 is 2.50 bits per heavy atom. The first-order chi connectivity index (χ1) is 8.70. The summed E-state index contributed by atoms with van der Waals surface area (Å²) in [6.07, 6.45) is 5.10. The van der Waals surface area contributed by atoms with Crippen LogP contribution in [0.1, 0.15) is 25.7 Å². The normalized spacial score (nSPS) is 10.8. The number of aliphatic hydroxyl groups is 1. The van der Waals surface area contributed by atoms with Gasteiger partial charge in [0.1, 0.15) is 0 Å². The zero-order valence-corrected chi connectivity index (χ0v) is 10.5. The first-order valence-corrected chi connectivity index (χ1v) is 6.32. The molecule has 0 aliphatic rings. The van der Waals surface area contributed by atoms with Gasteiger partial charge in [-0.05, 0) is 12.8 Å². The minimum atomic E-state index is -0.304. The fourth-order valence-corrected chi connectivity index (χ4v) is 1.81. The van der Waals surface area contributed by atoms with E-state index in [1.165, 1.54) is 16.8 Å². The Balaban J connectivity index is 2.64. The maximum absolute atomic E-state index is 11.9. The Labute approximate surface area is 106 Å². The SMILES string of the molecule is NCCn1c(=O)ccn(CCCCCCO)c1=O. The van der Waals surface area contributed by atoms with Crippen molar-refractivity contribution in [3.05, 3.63) is 33.1 Å². The molecular formula is C12H21N3O3. The van der Waals surface area contributed by atoms with E-state index in [-0.39, 0.29) is 30.9 Å². The molecule has 102 valence electrons. The molecule has 1 aromatic rings. The van der Waals surface area contributed by atoms with E-state index < -0.39 is 0 Å². The predicted octanol–water partition coefficient (Wildman–Crippen LogP) is -0.479. The summed E-state index contributed by atoms with van der Waals surface area (Å²) in [4.78, 5) is 23.4. The number of hydrogen-bond acceptors (Lipinski definition) is 4. The van der Waals surface area contributed by atoms with Crippen molar-refractivity contribution in [1.29, 1.82) is 0 Å². The van der Waals surface area contributed by atoms with E-state index in [2.05, 4.69) is 0 Å². The molecule has 1 rings (SSSR count). The molecule has 0 fully saturated rings. The molecule has 6 heteroatoms. The Kier molecular flexibility index (Phi) is 6.38. The van der Waals surface area contributed by atoms with Crippen LogP contribution in [0.3, 0.4) is 0 Å². The highest BCUT2D eigenvalue weighted by Crippen LogP contribution is 2.00. The summed E-state index contributed by atoms with van der Waals surface area (Å²) in [5.41, 5.74) is 4.77. The predicted molar refractivity (Wildman–Crippen MR) is 69.6 cm³/mol. The fourth-order valence-electron chi connectivity index (χ4n) is 1.81. The van der Waals surface area contributed by atoms with Crippen LogP contribution in [0.5, 0.6) is 0 Å². The van der Waals surface area contributed by atoms with Crippen LogP contribution < -0.4 is 17.0 Å². The van der Waals surface area contributed by atoms with E-state index in [1.807, 2.05) is 0 Å². The van der Waals surface area contributed by atoms with Gasteiger partial charge in [0.15, 0.2) is 0 Å². The van der Waals surface area contributed by atoms with Crippen LogP contribution in [-0.2, 0) is 13.1 Å². The second-order valence-corrected chi connectivity index (χ2v) is 4.21. The average Bonchev–Trinajstić information content (AvgIpc) is 2.36. The average molecular weight is 255 g/mol. The third-order valence-electron chi connectivity index (χ3n) is 2.80. The Morgan fingerprint density at radius 2 is 1.83 bits per heavy atom. The molecule has 0 spiro atoms. The molecule has 0 aromatic carbocycles. The molecule has 0 radical (unpaired) electrons. The number of hydrogen-bond donors (Lipinski definition) is 2. The second kappa shape index (κ2) is 7.84. The quantitative estimate of drug-likeness (QED) is 0.614. The molecule has 0 atom stereocenters. The van der Waals surface area contributed by atoms with Gasteiger partial charge in [-0.1, -0.05) is 12.8 Å². The lowest BCUT2D eigenvalue weighted by Crippen LogP contribution is -2.40.